The molecule has 0 unspecified atom stereocenters. The van der Waals surface area contributed by atoms with Crippen molar-refractivity contribution in [2.24, 2.45) is 5.16 Å². The van der Waals surface area contributed by atoms with Crippen molar-refractivity contribution in [1.29, 1.82) is 0 Å². The van der Waals surface area contributed by atoms with Crippen molar-refractivity contribution < 1.29 is 10.0 Å². The van der Waals surface area contributed by atoms with Crippen molar-refractivity contribution >= 4 is 45.5 Å². The van der Waals surface area contributed by atoms with E-state index >= 15 is 0 Å². The van der Waals surface area contributed by atoms with Crippen LogP contribution < -0.4 is 10.6 Å². The molecule has 0 radical (unpaired) electrons. The molecule has 0 aliphatic heterocycles. The zero-order chi connectivity index (χ0) is 14.5. The van der Waals surface area contributed by atoms with Crippen molar-refractivity contribution in [3.8, 4) is 0 Å². The Morgan fingerprint density at radius 2 is 2.15 bits per heavy atom. The quantitative estimate of drug-likeness (QED) is 0.459. The Labute approximate surface area is 124 Å². The molecule has 2 rings (SSSR count). The lowest BCUT2D eigenvalue weighted by atomic mass is 10.3. The standard InChI is InChI=1S/C12H11ClN4O2S/c1-7(17-19)10-6-20-12(15-10)16-11(18)14-9-5-3-2-4-8(9)13/h2-6,19H,1H3,(H2,14,15,16,18). The van der Waals surface area contributed by atoms with Crippen molar-refractivity contribution in [3.05, 3.63) is 40.4 Å². The number of hydrogen-bond acceptors (Lipinski definition) is 5. The van der Waals surface area contributed by atoms with E-state index in [0.29, 0.717) is 27.2 Å². The smallest absolute Gasteiger partial charge is 0.325 e. The average molecular weight is 311 g/mol. The number of halogens is 1. The molecule has 104 valence electrons. The van der Waals surface area contributed by atoms with Gasteiger partial charge in [-0.05, 0) is 19.1 Å². The summed E-state index contributed by atoms with van der Waals surface area (Å²) >= 11 is 7.17. The summed E-state index contributed by atoms with van der Waals surface area (Å²) in [5.74, 6) is 0. The van der Waals surface area contributed by atoms with Crippen LogP contribution in [0, 0.1) is 0 Å². The third-order valence-electron chi connectivity index (χ3n) is 2.37. The number of carbonyl (C=O) groups excluding carboxylic acids is 1. The number of urea groups is 1. The van der Waals surface area contributed by atoms with E-state index < -0.39 is 6.03 Å². The molecular weight excluding hydrogens is 300 g/mol. The van der Waals surface area contributed by atoms with Gasteiger partial charge in [0.25, 0.3) is 0 Å². The number of para-hydroxylation sites is 1. The maximum atomic E-state index is 11.8. The maximum absolute atomic E-state index is 11.8. The zero-order valence-corrected chi connectivity index (χ0v) is 12.0. The maximum Gasteiger partial charge on any atom is 0.325 e. The summed E-state index contributed by atoms with van der Waals surface area (Å²) in [6, 6.07) is 6.47. The molecule has 20 heavy (non-hydrogen) atoms. The number of oxime groups is 1. The number of aromatic nitrogens is 1. The number of thiazole rings is 1. The molecule has 1 aromatic carbocycles. The van der Waals surface area contributed by atoms with Crippen LogP contribution in [0.2, 0.25) is 5.02 Å². The summed E-state index contributed by atoms with van der Waals surface area (Å²) in [4.78, 5) is 15.9. The van der Waals surface area contributed by atoms with Gasteiger partial charge in [0, 0.05) is 5.38 Å². The Morgan fingerprint density at radius 1 is 1.40 bits per heavy atom. The number of amides is 2. The molecule has 1 heterocycles. The van der Waals surface area contributed by atoms with Gasteiger partial charge in [-0.3, -0.25) is 5.32 Å². The highest BCUT2D eigenvalue weighted by molar-refractivity contribution is 7.14. The summed E-state index contributed by atoms with van der Waals surface area (Å²) in [7, 11) is 0. The van der Waals surface area contributed by atoms with Crippen LogP contribution >= 0.6 is 22.9 Å². The van der Waals surface area contributed by atoms with Crippen molar-refractivity contribution in [2.75, 3.05) is 10.6 Å². The van der Waals surface area contributed by atoms with E-state index in [1.54, 1.807) is 36.6 Å². The average Bonchev–Trinajstić information content (AvgIpc) is 2.89. The zero-order valence-electron chi connectivity index (χ0n) is 10.4. The number of benzene rings is 1. The van der Waals surface area contributed by atoms with Crippen molar-refractivity contribution in [2.45, 2.75) is 6.92 Å². The van der Waals surface area contributed by atoms with Crippen LogP contribution in [0.1, 0.15) is 12.6 Å². The summed E-state index contributed by atoms with van der Waals surface area (Å²) in [5.41, 5.74) is 1.39. The van der Waals surface area contributed by atoms with Crippen LogP contribution in [0.5, 0.6) is 0 Å². The lowest BCUT2D eigenvalue weighted by Gasteiger charge is -2.06. The van der Waals surface area contributed by atoms with Crippen LogP contribution in [0.25, 0.3) is 0 Å². The van der Waals surface area contributed by atoms with Gasteiger partial charge >= 0.3 is 6.03 Å². The Bertz CT molecular complexity index is 656. The fourth-order valence-corrected chi connectivity index (χ4v) is 2.29. The Kier molecular flexibility index (Phi) is 4.54. The first-order valence-corrected chi connectivity index (χ1v) is 6.83. The summed E-state index contributed by atoms with van der Waals surface area (Å²) in [5, 5.41) is 19.4. The first-order valence-electron chi connectivity index (χ1n) is 5.57. The molecule has 3 N–H and O–H groups in total. The van der Waals surface area contributed by atoms with Crippen molar-refractivity contribution in [3.63, 3.8) is 0 Å². The topological polar surface area (TPSA) is 86.6 Å². The number of nitrogens with one attached hydrogen (secondary N) is 2. The minimum atomic E-state index is -0.447. The fraction of sp³-hybridized carbons (Fsp3) is 0.0833. The van der Waals surface area contributed by atoms with E-state index in [-0.39, 0.29) is 0 Å². The van der Waals surface area contributed by atoms with Crippen LogP contribution in [0.3, 0.4) is 0 Å². The first-order chi connectivity index (χ1) is 9.60. The van der Waals surface area contributed by atoms with Crippen LogP contribution in [-0.4, -0.2) is 21.9 Å². The van der Waals surface area contributed by atoms with Gasteiger partial charge in [-0.15, -0.1) is 11.3 Å². The van der Waals surface area contributed by atoms with E-state index in [1.807, 2.05) is 0 Å². The second-order valence-corrected chi connectivity index (χ2v) is 5.05. The summed E-state index contributed by atoms with van der Waals surface area (Å²) < 4.78 is 0. The van der Waals surface area contributed by atoms with Crippen LogP contribution in [0.15, 0.2) is 34.8 Å². The second-order valence-electron chi connectivity index (χ2n) is 3.78. The third-order valence-corrected chi connectivity index (χ3v) is 3.45. The number of hydrogen-bond donors (Lipinski definition) is 3. The molecule has 0 bridgehead atoms. The second kappa shape index (κ2) is 6.36. The third kappa shape index (κ3) is 3.46. The molecule has 0 fully saturated rings. The van der Waals surface area contributed by atoms with Gasteiger partial charge in [0.15, 0.2) is 5.13 Å². The monoisotopic (exact) mass is 310 g/mol. The highest BCUT2D eigenvalue weighted by Crippen LogP contribution is 2.21. The summed E-state index contributed by atoms with van der Waals surface area (Å²) in [6.07, 6.45) is 0. The predicted octanol–water partition coefficient (Wildman–Crippen LogP) is 3.64. The highest BCUT2D eigenvalue weighted by Gasteiger charge is 2.09. The molecule has 6 nitrogen and oxygen atoms in total. The molecule has 8 heteroatoms. The van der Waals surface area contributed by atoms with Gasteiger partial charge in [-0.2, -0.15) is 0 Å². The van der Waals surface area contributed by atoms with E-state index in [2.05, 4.69) is 20.8 Å². The molecule has 2 aromatic rings. The van der Waals surface area contributed by atoms with Crippen molar-refractivity contribution in [1.82, 2.24) is 4.98 Å². The molecule has 0 aliphatic rings. The largest absolute Gasteiger partial charge is 0.411 e. The molecule has 0 aliphatic carbocycles. The molecular formula is C12H11ClN4O2S. The number of rotatable bonds is 3. The molecule has 1 aromatic heterocycles. The minimum Gasteiger partial charge on any atom is -0.411 e. The molecule has 0 saturated heterocycles. The number of carbonyl (C=O) groups is 1. The Hall–Kier alpha value is -2.12. The lowest BCUT2D eigenvalue weighted by molar-refractivity contribution is 0.262. The molecule has 0 saturated carbocycles. The Balaban J connectivity index is 2.02. The van der Waals surface area contributed by atoms with E-state index in [9.17, 15) is 4.79 Å². The van der Waals surface area contributed by atoms with E-state index in [1.165, 1.54) is 11.3 Å². The number of nitrogens with zero attached hydrogens (tertiary/aromatic N) is 2. The molecule has 0 atom stereocenters. The van der Waals surface area contributed by atoms with Gasteiger partial charge < -0.3 is 10.5 Å². The van der Waals surface area contributed by atoms with Gasteiger partial charge in [0.2, 0.25) is 0 Å². The SMILES string of the molecule is CC(=NO)c1csc(NC(=O)Nc2ccccc2Cl)n1. The number of anilines is 2. The first kappa shape index (κ1) is 14.3. The highest BCUT2D eigenvalue weighted by atomic mass is 35.5. The van der Waals surface area contributed by atoms with Gasteiger partial charge in [0.05, 0.1) is 10.7 Å². The fourth-order valence-electron chi connectivity index (χ4n) is 1.36. The molecule has 2 amide bonds. The minimum absolute atomic E-state index is 0.376. The normalized spacial score (nSPS) is 11.2. The van der Waals surface area contributed by atoms with Crippen LogP contribution in [0.4, 0.5) is 15.6 Å². The van der Waals surface area contributed by atoms with Crippen LogP contribution in [-0.2, 0) is 0 Å². The van der Waals surface area contributed by atoms with Gasteiger partial charge in [0.1, 0.15) is 11.4 Å². The predicted molar refractivity (Wildman–Crippen MR) is 80.2 cm³/mol. The Morgan fingerprint density at radius 3 is 2.85 bits per heavy atom. The molecule has 0 spiro atoms. The van der Waals surface area contributed by atoms with Gasteiger partial charge in [-0.25, -0.2) is 9.78 Å². The lowest BCUT2D eigenvalue weighted by Crippen LogP contribution is -2.19. The van der Waals surface area contributed by atoms with E-state index in [0.717, 1.165) is 0 Å². The van der Waals surface area contributed by atoms with Gasteiger partial charge in [-0.1, -0.05) is 28.9 Å². The summed E-state index contributed by atoms with van der Waals surface area (Å²) in [6.45, 7) is 1.61. The van der Waals surface area contributed by atoms with E-state index in [4.69, 9.17) is 16.8 Å².